The Labute approximate surface area is 182 Å². The molecule has 0 aliphatic heterocycles. The van der Waals surface area contributed by atoms with Gasteiger partial charge in [-0.05, 0) is 43.6 Å². The van der Waals surface area contributed by atoms with Crippen LogP contribution in [0.5, 0.6) is 0 Å². The van der Waals surface area contributed by atoms with Crippen molar-refractivity contribution >= 4 is 23.2 Å². The van der Waals surface area contributed by atoms with E-state index in [0.29, 0.717) is 22.3 Å². The van der Waals surface area contributed by atoms with Gasteiger partial charge < -0.3 is 5.32 Å². The summed E-state index contributed by atoms with van der Waals surface area (Å²) >= 11 is 5.24. The van der Waals surface area contributed by atoms with Crippen molar-refractivity contribution in [3.05, 3.63) is 71.9 Å². The van der Waals surface area contributed by atoms with E-state index in [9.17, 15) is 4.79 Å². The number of thiocarbonyl (C=S) groups is 1. The molecule has 0 aliphatic carbocycles. The fourth-order valence-electron chi connectivity index (χ4n) is 2.88. The summed E-state index contributed by atoms with van der Waals surface area (Å²) in [5.74, 6) is 0.275. The van der Waals surface area contributed by atoms with Crippen LogP contribution in [-0.4, -0.2) is 27.3 Å². The fourth-order valence-corrected chi connectivity index (χ4v) is 3.03. The van der Waals surface area contributed by atoms with Crippen molar-refractivity contribution in [1.29, 1.82) is 0 Å². The molecule has 1 amide bonds. The number of para-hydroxylation sites is 1. The van der Waals surface area contributed by atoms with Crippen LogP contribution >= 0.6 is 12.2 Å². The Balaban J connectivity index is 1.79. The first kappa shape index (κ1) is 21.5. The molecular weight excluding hydrogens is 394 g/mol. The second-order valence-corrected chi connectivity index (χ2v) is 7.96. The molecule has 3 N–H and O–H groups in total. The van der Waals surface area contributed by atoms with Crippen molar-refractivity contribution in [2.24, 2.45) is 5.92 Å². The predicted molar refractivity (Wildman–Crippen MR) is 124 cm³/mol. The van der Waals surface area contributed by atoms with Gasteiger partial charge in [-0.25, -0.2) is 4.68 Å². The van der Waals surface area contributed by atoms with Gasteiger partial charge in [-0.2, -0.15) is 5.10 Å². The number of benzene rings is 2. The van der Waals surface area contributed by atoms with Crippen molar-refractivity contribution in [2.75, 3.05) is 6.54 Å². The molecule has 3 rings (SSSR count). The Morgan fingerprint density at radius 1 is 1.07 bits per heavy atom. The fraction of sp³-hybridized carbons (Fsp3) is 0.261. The Kier molecular flexibility index (Phi) is 7.19. The van der Waals surface area contributed by atoms with Gasteiger partial charge >= 0.3 is 0 Å². The Bertz CT molecular complexity index is 996. The van der Waals surface area contributed by atoms with Crippen LogP contribution in [0.1, 0.15) is 36.2 Å². The van der Waals surface area contributed by atoms with Crippen LogP contribution in [-0.2, 0) is 0 Å². The normalized spacial score (nSPS) is 10.7. The van der Waals surface area contributed by atoms with E-state index in [1.54, 1.807) is 10.9 Å². The Morgan fingerprint density at radius 3 is 2.43 bits per heavy atom. The predicted octanol–water partition coefficient (Wildman–Crippen LogP) is 4.00. The molecule has 30 heavy (non-hydrogen) atoms. The standard InChI is InChI=1S/C23H27N5OS/c1-16(2)13-14-24-23(30)26-25-22(29)20-15-28(19-7-5-4-6-8-19)27-21(20)18-11-9-17(3)10-12-18/h4-12,15-16H,13-14H2,1-3H3,(H,25,29)(H2,24,26,30). The molecular formula is C23H27N5OS. The lowest BCUT2D eigenvalue weighted by Gasteiger charge is -2.12. The van der Waals surface area contributed by atoms with Crippen LogP contribution in [0.2, 0.25) is 0 Å². The monoisotopic (exact) mass is 421 g/mol. The van der Waals surface area contributed by atoms with Crippen molar-refractivity contribution < 1.29 is 4.79 Å². The first-order chi connectivity index (χ1) is 14.4. The topological polar surface area (TPSA) is 71.0 Å². The first-order valence-electron chi connectivity index (χ1n) is 10.0. The van der Waals surface area contributed by atoms with Gasteiger partial charge in [0.2, 0.25) is 0 Å². The molecule has 1 aromatic heterocycles. The maximum absolute atomic E-state index is 12.9. The molecule has 0 saturated heterocycles. The van der Waals surface area contributed by atoms with Gasteiger partial charge in [-0.1, -0.05) is 61.9 Å². The number of hydrogen-bond acceptors (Lipinski definition) is 3. The van der Waals surface area contributed by atoms with Gasteiger partial charge in [0.1, 0.15) is 5.69 Å². The summed E-state index contributed by atoms with van der Waals surface area (Å²) in [7, 11) is 0. The van der Waals surface area contributed by atoms with Gasteiger partial charge in [0.15, 0.2) is 5.11 Å². The summed E-state index contributed by atoms with van der Waals surface area (Å²) in [5.41, 5.74) is 9.42. The number of aromatic nitrogens is 2. The molecule has 156 valence electrons. The number of carbonyl (C=O) groups excluding carboxylic acids is 1. The Morgan fingerprint density at radius 2 is 1.77 bits per heavy atom. The number of rotatable bonds is 6. The molecule has 0 bridgehead atoms. The lowest BCUT2D eigenvalue weighted by atomic mass is 10.1. The molecule has 3 aromatic rings. The molecule has 0 fully saturated rings. The number of carbonyl (C=O) groups is 1. The molecule has 0 unspecified atom stereocenters. The molecule has 0 atom stereocenters. The van der Waals surface area contributed by atoms with E-state index >= 15 is 0 Å². The molecule has 2 aromatic carbocycles. The first-order valence-corrected chi connectivity index (χ1v) is 10.4. The second-order valence-electron chi connectivity index (χ2n) is 7.56. The molecule has 0 saturated carbocycles. The second kappa shape index (κ2) is 10.0. The third-order valence-electron chi connectivity index (χ3n) is 4.60. The molecule has 1 heterocycles. The van der Waals surface area contributed by atoms with Crippen molar-refractivity contribution in [2.45, 2.75) is 27.2 Å². The highest BCUT2D eigenvalue weighted by Gasteiger charge is 2.19. The molecule has 0 spiro atoms. The van der Waals surface area contributed by atoms with Crippen molar-refractivity contribution in [1.82, 2.24) is 25.9 Å². The highest BCUT2D eigenvalue weighted by molar-refractivity contribution is 7.80. The molecule has 0 aliphatic rings. The number of hydrogen-bond donors (Lipinski definition) is 3. The summed E-state index contributed by atoms with van der Waals surface area (Å²) in [6.45, 7) is 7.07. The minimum atomic E-state index is -0.305. The molecule has 0 radical (unpaired) electrons. The zero-order valence-electron chi connectivity index (χ0n) is 17.5. The third kappa shape index (κ3) is 5.67. The highest BCUT2D eigenvalue weighted by atomic mass is 32.1. The van der Waals surface area contributed by atoms with E-state index in [-0.39, 0.29) is 5.91 Å². The number of nitrogens with one attached hydrogen (secondary N) is 3. The maximum Gasteiger partial charge on any atom is 0.273 e. The summed E-state index contributed by atoms with van der Waals surface area (Å²) < 4.78 is 1.71. The minimum absolute atomic E-state index is 0.305. The Hall–Kier alpha value is -3.19. The summed E-state index contributed by atoms with van der Waals surface area (Å²) in [4.78, 5) is 12.9. The van der Waals surface area contributed by atoms with Crippen molar-refractivity contribution in [3.63, 3.8) is 0 Å². The molecule has 7 heteroatoms. The quantitative estimate of drug-likeness (QED) is 0.414. The van der Waals surface area contributed by atoms with Gasteiger partial charge in [-0.3, -0.25) is 15.6 Å². The minimum Gasteiger partial charge on any atom is -0.361 e. The SMILES string of the molecule is Cc1ccc(-c2nn(-c3ccccc3)cc2C(=O)NNC(=S)NCCC(C)C)cc1. The average molecular weight is 422 g/mol. The summed E-state index contributed by atoms with van der Waals surface area (Å²) in [6.07, 6.45) is 2.73. The summed E-state index contributed by atoms with van der Waals surface area (Å²) in [5, 5.41) is 8.15. The molecule has 6 nitrogen and oxygen atoms in total. The van der Waals surface area contributed by atoms with E-state index in [4.69, 9.17) is 12.2 Å². The zero-order chi connectivity index (χ0) is 21.5. The average Bonchev–Trinajstić information content (AvgIpc) is 3.18. The zero-order valence-corrected chi connectivity index (χ0v) is 18.3. The smallest absolute Gasteiger partial charge is 0.273 e. The van der Waals surface area contributed by atoms with Crippen molar-refractivity contribution in [3.8, 4) is 16.9 Å². The van der Waals surface area contributed by atoms with Gasteiger partial charge in [0.05, 0.1) is 11.3 Å². The number of hydrazine groups is 1. The largest absolute Gasteiger partial charge is 0.361 e. The number of aryl methyl sites for hydroxylation is 1. The van der Waals surface area contributed by atoms with Crippen LogP contribution in [0.15, 0.2) is 60.8 Å². The van der Waals surface area contributed by atoms with Crippen LogP contribution in [0, 0.1) is 12.8 Å². The summed E-state index contributed by atoms with van der Waals surface area (Å²) in [6, 6.07) is 17.6. The van der Waals surface area contributed by atoms with Crippen LogP contribution in [0.3, 0.4) is 0 Å². The van der Waals surface area contributed by atoms with E-state index < -0.39 is 0 Å². The van der Waals surface area contributed by atoms with Gasteiger partial charge in [-0.15, -0.1) is 0 Å². The highest BCUT2D eigenvalue weighted by Crippen LogP contribution is 2.24. The number of amides is 1. The number of nitrogens with zero attached hydrogens (tertiary/aromatic N) is 2. The van der Waals surface area contributed by atoms with Crippen LogP contribution < -0.4 is 16.2 Å². The maximum atomic E-state index is 12.9. The van der Waals surface area contributed by atoms with Crippen LogP contribution in [0.25, 0.3) is 16.9 Å². The van der Waals surface area contributed by atoms with E-state index in [1.807, 2.05) is 61.5 Å². The van der Waals surface area contributed by atoms with E-state index in [1.165, 1.54) is 0 Å². The lowest BCUT2D eigenvalue weighted by Crippen LogP contribution is -2.47. The lowest BCUT2D eigenvalue weighted by molar-refractivity contribution is 0.0944. The van der Waals surface area contributed by atoms with Gasteiger partial charge in [0, 0.05) is 18.3 Å². The van der Waals surface area contributed by atoms with E-state index in [2.05, 4.69) is 35.1 Å². The third-order valence-corrected chi connectivity index (χ3v) is 4.85. The van der Waals surface area contributed by atoms with E-state index in [0.717, 1.165) is 29.8 Å². The van der Waals surface area contributed by atoms with Gasteiger partial charge in [0.25, 0.3) is 5.91 Å². The van der Waals surface area contributed by atoms with Crippen LogP contribution in [0.4, 0.5) is 0 Å².